The lowest BCUT2D eigenvalue weighted by Crippen LogP contribution is -2.41. The quantitative estimate of drug-likeness (QED) is 0.910. The Labute approximate surface area is 113 Å². The molecule has 104 valence electrons. The number of aromatic hydroxyl groups is 1. The number of nitrogens with zero attached hydrogens (tertiary/aromatic N) is 1. The minimum Gasteiger partial charge on any atom is -0.507 e. The molecule has 0 aromatic heterocycles. The summed E-state index contributed by atoms with van der Waals surface area (Å²) >= 11 is 0. The molecule has 2 rings (SSSR count). The molecule has 0 bridgehead atoms. The van der Waals surface area contributed by atoms with Gasteiger partial charge in [0.1, 0.15) is 11.6 Å². The van der Waals surface area contributed by atoms with E-state index in [9.17, 15) is 14.3 Å². The van der Waals surface area contributed by atoms with Gasteiger partial charge in [0.2, 0.25) is 0 Å². The Kier molecular flexibility index (Phi) is 4.40. The molecule has 1 aromatic rings. The number of hydrogen-bond acceptors (Lipinski definition) is 2. The van der Waals surface area contributed by atoms with Crippen LogP contribution in [0, 0.1) is 5.82 Å². The van der Waals surface area contributed by atoms with Gasteiger partial charge in [0.05, 0.1) is 5.56 Å². The van der Waals surface area contributed by atoms with E-state index >= 15 is 0 Å². The van der Waals surface area contributed by atoms with Gasteiger partial charge >= 0.3 is 0 Å². The Morgan fingerprint density at radius 3 is 2.68 bits per heavy atom. The van der Waals surface area contributed by atoms with Crippen LogP contribution in [0.1, 0.15) is 49.4 Å². The molecule has 1 saturated carbocycles. The lowest BCUT2D eigenvalue weighted by atomic mass is 9.93. The lowest BCUT2D eigenvalue weighted by Gasteiger charge is -2.33. The maximum Gasteiger partial charge on any atom is 0.257 e. The minimum absolute atomic E-state index is 0.0624. The van der Waals surface area contributed by atoms with E-state index in [1.165, 1.54) is 12.5 Å². The van der Waals surface area contributed by atoms with Gasteiger partial charge in [-0.15, -0.1) is 0 Å². The fourth-order valence-electron chi connectivity index (χ4n) is 2.79. The number of benzene rings is 1. The van der Waals surface area contributed by atoms with Gasteiger partial charge in [-0.05, 0) is 38.0 Å². The molecule has 4 heteroatoms. The summed E-state index contributed by atoms with van der Waals surface area (Å²) in [6.07, 6.45) is 5.46. The van der Waals surface area contributed by atoms with Crippen LogP contribution in [0.3, 0.4) is 0 Å². The summed E-state index contributed by atoms with van der Waals surface area (Å²) in [6, 6.07) is 3.72. The van der Waals surface area contributed by atoms with E-state index in [2.05, 4.69) is 0 Å². The highest BCUT2D eigenvalue weighted by molar-refractivity contribution is 5.97. The van der Waals surface area contributed by atoms with Crippen molar-refractivity contribution >= 4 is 5.91 Å². The Bertz CT molecular complexity index is 455. The van der Waals surface area contributed by atoms with Crippen LogP contribution in [-0.2, 0) is 0 Å². The Morgan fingerprint density at radius 2 is 2.05 bits per heavy atom. The van der Waals surface area contributed by atoms with Crippen molar-refractivity contribution in [2.24, 2.45) is 0 Å². The second-order valence-corrected chi connectivity index (χ2v) is 5.04. The first-order valence-corrected chi connectivity index (χ1v) is 6.93. The van der Waals surface area contributed by atoms with E-state index in [1.54, 1.807) is 4.90 Å². The lowest BCUT2D eigenvalue weighted by molar-refractivity contribution is 0.0644. The number of phenolic OH excluding ortho intramolecular Hbond substituents is 1. The van der Waals surface area contributed by atoms with Gasteiger partial charge in [-0.1, -0.05) is 19.3 Å². The summed E-state index contributed by atoms with van der Waals surface area (Å²) < 4.78 is 13.2. The van der Waals surface area contributed by atoms with Crippen molar-refractivity contribution in [3.8, 4) is 5.75 Å². The van der Waals surface area contributed by atoms with Gasteiger partial charge in [-0.25, -0.2) is 4.39 Å². The van der Waals surface area contributed by atoms with Crippen molar-refractivity contribution < 1.29 is 14.3 Å². The van der Waals surface area contributed by atoms with Crippen LogP contribution in [-0.4, -0.2) is 28.5 Å². The Hall–Kier alpha value is -1.58. The molecule has 19 heavy (non-hydrogen) atoms. The van der Waals surface area contributed by atoms with Gasteiger partial charge in [-0.2, -0.15) is 0 Å². The second-order valence-electron chi connectivity index (χ2n) is 5.04. The monoisotopic (exact) mass is 265 g/mol. The summed E-state index contributed by atoms with van der Waals surface area (Å²) in [7, 11) is 0. The molecule has 0 radical (unpaired) electrons. The average molecular weight is 265 g/mol. The molecule has 1 fully saturated rings. The summed E-state index contributed by atoms with van der Waals surface area (Å²) in [5.74, 6) is -0.923. The van der Waals surface area contributed by atoms with E-state index in [-0.39, 0.29) is 23.3 Å². The maximum atomic E-state index is 13.2. The van der Waals surface area contributed by atoms with E-state index < -0.39 is 5.82 Å². The van der Waals surface area contributed by atoms with Crippen molar-refractivity contribution in [3.05, 3.63) is 29.6 Å². The molecular weight excluding hydrogens is 245 g/mol. The van der Waals surface area contributed by atoms with Crippen LogP contribution in [0.4, 0.5) is 4.39 Å². The fourth-order valence-corrected chi connectivity index (χ4v) is 2.79. The number of hydrogen-bond donors (Lipinski definition) is 1. The van der Waals surface area contributed by atoms with Crippen LogP contribution < -0.4 is 0 Å². The topological polar surface area (TPSA) is 40.5 Å². The summed E-state index contributed by atoms with van der Waals surface area (Å²) in [5.41, 5.74) is 0.0624. The molecule has 1 aliphatic carbocycles. The predicted molar refractivity (Wildman–Crippen MR) is 71.6 cm³/mol. The molecule has 0 spiro atoms. The van der Waals surface area contributed by atoms with E-state index in [0.717, 1.165) is 37.8 Å². The highest BCUT2D eigenvalue weighted by Gasteiger charge is 2.26. The molecule has 0 unspecified atom stereocenters. The van der Waals surface area contributed by atoms with Gasteiger partial charge < -0.3 is 10.0 Å². The molecular formula is C15H20FNO2. The minimum atomic E-state index is -0.499. The standard InChI is InChI=1S/C15H20FNO2/c1-2-17(12-6-4-3-5-7-12)15(19)13-10-11(16)8-9-14(13)18/h8-10,12,18H,2-7H2,1H3. The van der Waals surface area contributed by atoms with Gasteiger partial charge in [-0.3, -0.25) is 4.79 Å². The summed E-state index contributed by atoms with van der Waals surface area (Å²) in [4.78, 5) is 14.2. The number of rotatable bonds is 3. The van der Waals surface area contributed by atoms with Crippen LogP contribution in [0.25, 0.3) is 0 Å². The fraction of sp³-hybridized carbons (Fsp3) is 0.533. The van der Waals surface area contributed by atoms with Crippen LogP contribution in [0.2, 0.25) is 0 Å². The van der Waals surface area contributed by atoms with Crippen molar-refractivity contribution in [1.82, 2.24) is 4.90 Å². The normalized spacial score (nSPS) is 16.3. The molecule has 0 aliphatic heterocycles. The highest BCUT2D eigenvalue weighted by atomic mass is 19.1. The van der Waals surface area contributed by atoms with Crippen LogP contribution >= 0.6 is 0 Å². The summed E-state index contributed by atoms with van der Waals surface area (Å²) in [6.45, 7) is 2.50. The summed E-state index contributed by atoms with van der Waals surface area (Å²) in [5, 5.41) is 9.73. The first kappa shape index (κ1) is 13.8. The molecule has 1 aromatic carbocycles. The van der Waals surface area contributed by atoms with E-state index in [1.807, 2.05) is 6.92 Å². The third kappa shape index (κ3) is 3.06. The van der Waals surface area contributed by atoms with Crippen molar-refractivity contribution in [1.29, 1.82) is 0 Å². The Morgan fingerprint density at radius 1 is 1.37 bits per heavy atom. The zero-order valence-electron chi connectivity index (χ0n) is 11.2. The highest BCUT2D eigenvalue weighted by Crippen LogP contribution is 2.26. The maximum absolute atomic E-state index is 13.2. The zero-order chi connectivity index (χ0) is 13.8. The van der Waals surface area contributed by atoms with Gasteiger partial charge in [0.25, 0.3) is 5.91 Å². The Balaban J connectivity index is 2.22. The zero-order valence-corrected chi connectivity index (χ0v) is 11.2. The third-order valence-electron chi connectivity index (χ3n) is 3.81. The number of phenols is 1. The van der Waals surface area contributed by atoms with Crippen molar-refractivity contribution in [3.63, 3.8) is 0 Å². The van der Waals surface area contributed by atoms with Crippen molar-refractivity contribution in [2.45, 2.75) is 45.1 Å². The first-order valence-electron chi connectivity index (χ1n) is 6.93. The average Bonchev–Trinajstić information content (AvgIpc) is 2.43. The second kappa shape index (κ2) is 6.04. The molecule has 1 amide bonds. The SMILES string of the molecule is CCN(C(=O)c1cc(F)ccc1O)C1CCCCC1. The smallest absolute Gasteiger partial charge is 0.257 e. The number of amides is 1. The largest absolute Gasteiger partial charge is 0.507 e. The predicted octanol–water partition coefficient (Wildman–Crippen LogP) is 3.33. The molecule has 1 N–H and O–H groups in total. The molecule has 1 aliphatic rings. The van der Waals surface area contributed by atoms with E-state index in [0.29, 0.717) is 6.54 Å². The van der Waals surface area contributed by atoms with Gasteiger partial charge in [0, 0.05) is 12.6 Å². The third-order valence-corrected chi connectivity index (χ3v) is 3.81. The molecule has 0 atom stereocenters. The van der Waals surface area contributed by atoms with Crippen LogP contribution in [0.15, 0.2) is 18.2 Å². The molecule has 0 heterocycles. The first-order chi connectivity index (χ1) is 9.13. The number of halogens is 1. The molecule has 3 nitrogen and oxygen atoms in total. The van der Waals surface area contributed by atoms with Crippen molar-refractivity contribution in [2.75, 3.05) is 6.54 Å². The molecule has 0 saturated heterocycles. The van der Waals surface area contributed by atoms with Gasteiger partial charge in [0.15, 0.2) is 0 Å². The number of carbonyl (C=O) groups excluding carboxylic acids is 1. The number of carbonyl (C=O) groups is 1. The van der Waals surface area contributed by atoms with Crippen LogP contribution in [0.5, 0.6) is 5.75 Å². The van der Waals surface area contributed by atoms with E-state index in [4.69, 9.17) is 0 Å².